The quantitative estimate of drug-likeness (QED) is 0.777. The van der Waals surface area contributed by atoms with Crippen molar-refractivity contribution < 1.29 is 4.79 Å². The first kappa shape index (κ1) is 14.9. The van der Waals surface area contributed by atoms with Gasteiger partial charge in [0.15, 0.2) is 0 Å². The number of para-hydroxylation sites is 1. The molecule has 1 aliphatic carbocycles. The van der Waals surface area contributed by atoms with Crippen LogP contribution in [0.1, 0.15) is 51.5 Å². The average molecular weight is 324 g/mol. The van der Waals surface area contributed by atoms with Crippen LogP contribution in [0.2, 0.25) is 0 Å². The van der Waals surface area contributed by atoms with E-state index >= 15 is 0 Å². The summed E-state index contributed by atoms with van der Waals surface area (Å²) in [5.74, 6) is 0.567. The number of hydrogen-bond acceptors (Lipinski definition) is 2. The minimum absolute atomic E-state index is 0.158. The number of rotatable bonds is 2. The average Bonchev–Trinajstić information content (AvgIpc) is 3.14. The van der Waals surface area contributed by atoms with Gasteiger partial charge >= 0.3 is 0 Å². The normalized spacial score (nSPS) is 43.2. The molecule has 3 nitrogen and oxygen atoms in total. The van der Waals surface area contributed by atoms with Gasteiger partial charge in [0.2, 0.25) is 6.41 Å². The molecular formula is C21H28N2O. The molecule has 5 atom stereocenters. The largest absolute Gasteiger partial charge is 0.310 e. The van der Waals surface area contributed by atoms with E-state index in [1.807, 2.05) is 0 Å². The molecule has 0 aromatic heterocycles. The molecule has 1 aromatic carbocycles. The van der Waals surface area contributed by atoms with Crippen molar-refractivity contribution in [2.45, 2.75) is 63.5 Å². The zero-order chi connectivity index (χ0) is 16.5. The molecule has 1 saturated carbocycles. The predicted octanol–water partition coefficient (Wildman–Crippen LogP) is 3.57. The van der Waals surface area contributed by atoms with Gasteiger partial charge in [-0.15, -0.1) is 0 Å². The lowest BCUT2D eigenvalue weighted by Gasteiger charge is -2.60. The summed E-state index contributed by atoms with van der Waals surface area (Å²) in [6, 6.07) is 9.73. The molecule has 1 spiro atoms. The number of carbonyl (C=O) groups excluding carboxylic acids is 1. The highest BCUT2D eigenvalue weighted by molar-refractivity contribution is 5.84. The van der Waals surface area contributed by atoms with Crippen molar-refractivity contribution in [3.05, 3.63) is 29.8 Å². The molecular weight excluding hydrogens is 296 g/mol. The van der Waals surface area contributed by atoms with E-state index in [2.05, 4.69) is 47.9 Å². The van der Waals surface area contributed by atoms with Crippen molar-refractivity contribution in [1.82, 2.24) is 4.90 Å². The standard InChI is InChI=1S/C21H28N2O/c1-3-20-9-6-11-22-12-10-21(19(20)22)16-7-4-5-8-17(16)23(14-24)18(21)15(2)13-20/h4-5,7-8,14-15,18-19H,3,6,9-13H2,1-2H3/t15-,18-,19+,20-,21+/m0/s1. The third kappa shape index (κ3) is 1.51. The summed E-state index contributed by atoms with van der Waals surface area (Å²) in [5.41, 5.74) is 3.24. The van der Waals surface area contributed by atoms with Gasteiger partial charge < -0.3 is 4.90 Å². The Morgan fingerprint density at radius 2 is 2.08 bits per heavy atom. The molecule has 4 aliphatic rings. The lowest BCUT2D eigenvalue weighted by atomic mass is 9.50. The maximum Gasteiger partial charge on any atom is 0.214 e. The first-order valence-electron chi connectivity index (χ1n) is 9.75. The van der Waals surface area contributed by atoms with Crippen molar-refractivity contribution in [2.24, 2.45) is 11.3 Å². The van der Waals surface area contributed by atoms with Crippen LogP contribution in [-0.4, -0.2) is 36.5 Å². The van der Waals surface area contributed by atoms with E-state index in [-0.39, 0.29) is 5.41 Å². The number of fused-ring (bicyclic) bond motifs is 1. The molecule has 2 saturated heterocycles. The number of piperidine rings is 1. The van der Waals surface area contributed by atoms with Gasteiger partial charge in [-0.1, -0.05) is 32.0 Å². The van der Waals surface area contributed by atoms with Crippen molar-refractivity contribution >= 4 is 12.1 Å². The number of amides is 1. The Labute approximate surface area is 145 Å². The fourth-order valence-electron chi connectivity index (χ4n) is 7.49. The van der Waals surface area contributed by atoms with Crippen LogP contribution in [0.3, 0.4) is 0 Å². The molecule has 0 bridgehead atoms. The molecule has 0 N–H and O–H groups in total. The van der Waals surface area contributed by atoms with Gasteiger partial charge in [0, 0.05) is 17.1 Å². The Morgan fingerprint density at radius 1 is 1.25 bits per heavy atom. The van der Waals surface area contributed by atoms with Crippen LogP contribution in [0.4, 0.5) is 5.69 Å². The van der Waals surface area contributed by atoms with Crippen LogP contribution in [0.25, 0.3) is 0 Å². The topological polar surface area (TPSA) is 23.6 Å². The van der Waals surface area contributed by atoms with Gasteiger partial charge in [-0.2, -0.15) is 0 Å². The van der Waals surface area contributed by atoms with Crippen molar-refractivity contribution in [1.29, 1.82) is 0 Å². The maximum atomic E-state index is 12.1. The van der Waals surface area contributed by atoms with Crippen molar-refractivity contribution in [3.8, 4) is 0 Å². The highest BCUT2D eigenvalue weighted by Gasteiger charge is 2.69. The lowest BCUT2D eigenvalue weighted by Crippen LogP contribution is -2.67. The summed E-state index contributed by atoms with van der Waals surface area (Å²) >= 11 is 0. The van der Waals surface area contributed by atoms with E-state index in [1.54, 1.807) is 0 Å². The number of carbonyl (C=O) groups is 1. The number of hydrogen-bond donors (Lipinski definition) is 0. The first-order valence-corrected chi connectivity index (χ1v) is 9.75. The van der Waals surface area contributed by atoms with Crippen LogP contribution in [0.15, 0.2) is 24.3 Å². The van der Waals surface area contributed by atoms with E-state index in [1.165, 1.54) is 56.4 Å². The maximum absolute atomic E-state index is 12.1. The SMILES string of the molecule is CC[C@]12CCCN3CC[C@]4(c5ccccc5N(C=O)[C@H]4[C@@H](C)C1)[C@H]32. The predicted molar refractivity (Wildman–Crippen MR) is 96.2 cm³/mol. The molecule has 3 heterocycles. The monoisotopic (exact) mass is 324 g/mol. The van der Waals surface area contributed by atoms with Crippen LogP contribution >= 0.6 is 0 Å². The van der Waals surface area contributed by atoms with E-state index in [9.17, 15) is 4.79 Å². The van der Waals surface area contributed by atoms with Gasteiger partial charge in [0.25, 0.3) is 0 Å². The van der Waals surface area contributed by atoms with Crippen molar-refractivity contribution in [2.75, 3.05) is 18.0 Å². The second-order valence-electron chi connectivity index (χ2n) is 8.70. The fraction of sp³-hybridized carbons (Fsp3) is 0.667. The highest BCUT2D eigenvalue weighted by atomic mass is 16.1. The van der Waals surface area contributed by atoms with E-state index < -0.39 is 0 Å². The van der Waals surface area contributed by atoms with Crippen molar-refractivity contribution in [3.63, 3.8) is 0 Å². The van der Waals surface area contributed by atoms with Gasteiger partial charge in [0.1, 0.15) is 0 Å². The minimum atomic E-state index is 0.158. The molecule has 5 rings (SSSR count). The Morgan fingerprint density at radius 3 is 2.88 bits per heavy atom. The molecule has 3 fully saturated rings. The third-order valence-corrected chi connectivity index (χ3v) is 7.96. The second kappa shape index (κ2) is 4.85. The lowest BCUT2D eigenvalue weighted by molar-refractivity contribution is -0.109. The summed E-state index contributed by atoms with van der Waals surface area (Å²) < 4.78 is 0. The third-order valence-electron chi connectivity index (χ3n) is 7.96. The molecule has 3 aliphatic heterocycles. The second-order valence-corrected chi connectivity index (χ2v) is 8.70. The number of nitrogens with zero attached hydrogens (tertiary/aromatic N) is 2. The van der Waals surface area contributed by atoms with Crippen LogP contribution in [-0.2, 0) is 10.2 Å². The van der Waals surface area contributed by atoms with Crippen LogP contribution in [0, 0.1) is 11.3 Å². The van der Waals surface area contributed by atoms with Gasteiger partial charge in [-0.05, 0) is 68.2 Å². The summed E-state index contributed by atoms with van der Waals surface area (Å²) in [6.45, 7) is 7.26. The Balaban J connectivity index is 1.78. The zero-order valence-corrected chi connectivity index (χ0v) is 14.9. The molecule has 1 aromatic rings. The van der Waals surface area contributed by atoms with E-state index in [0.29, 0.717) is 23.4 Å². The molecule has 24 heavy (non-hydrogen) atoms. The molecule has 0 radical (unpaired) electrons. The molecule has 1 amide bonds. The Kier molecular flexibility index (Phi) is 3.02. The number of benzene rings is 1. The Bertz CT molecular complexity index is 688. The van der Waals surface area contributed by atoms with Gasteiger partial charge in [-0.25, -0.2) is 0 Å². The molecule has 0 unspecified atom stereocenters. The number of anilines is 1. The Hall–Kier alpha value is -1.35. The summed E-state index contributed by atoms with van der Waals surface area (Å²) in [6.07, 6.45) is 7.59. The van der Waals surface area contributed by atoms with Gasteiger partial charge in [-0.3, -0.25) is 9.69 Å². The zero-order valence-electron chi connectivity index (χ0n) is 14.9. The summed E-state index contributed by atoms with van der Waals surface area (Å²) in [7, 11) is 0. The smallest absolute Gasteiger partial charge is 0.214 e. The van der Waals surface area contributed by atoms with E-state index in [4.69, 9.17) is 0 Å². The van der Waals surface area contributed by atoms with E-state index in [0.717, 1.165) is 6.41 Å². The minimum Gasteiger partial charge on any atom is -0.310 e. The fourth-order valence-corrected chi connectivity index (χ4v) is 7.49. The summed E-state index contributed by atoms with van der Waals surface area (Å²) in [4.78, 5) is 16.9. The molecule has 128 valence electrons. The van der Waals surface area contributed by atoms with Crippen LogP contribution in [0.5, 0.6) is 0 Å². The first-order chi connectivity index (χ1) is 11.7. The summed E-state index contributed by atoms with van der Waals surface area (Å²) in [5, 5.41) is 0. The highest BCUT2D eigenvalue weighted by Crippen LogP contribution is 2.66. The van der Waals surface area contributed by atoms with Crippen LogP contribution < -0.4 is 4.90 Å². The van der Waals surface area contributed by atoms with Gasteiger partial charge in [0.05, 0.1) is 6.04 Å². The molecule has 3 heteroatoms.